The minimum Gasteiger partial charge on any atom is -0.279 e. The molecule has 2 rings (SSSR count). The molecule has 0 spiro atoms. The van der Waals surface area contributed by atoms with Crippen molar-refractivity contribution < 1.29 is 8.42 Å². The predicted octanol–water partition coefficient (Wildman–Crippen LogP) is 4.41. The molecule has 1 heterocycles. The number of nitrogens with one attached hydrogen (secondary N) is 1. The lowest BCUT2D eigenvalue weighted by Gasteiger charge is -2.23. The third-order valence-electron chi connectivity index (χ3n) is 3.23. The van der Waals surface area contributed by atoms with Gasteiger partial charge < -0.3 is 0 Å². The van der Waals surface area contributed by atoms with Crippen molar-refractivity contribution in [1.29, 1.82) is 0 Å². The van der Waals surface area contributed by atoms with Gasteiger partial charge in [0.1, 0.15) is 4.21 Å². The van der Waals surface area contributed by atoms with E-state index in [4.69, 9.17) is 0 Å². The van der Waals surface area contributed by atoms with Gasteiger partial charge >= 0.3 is 0 Å². The molecule has 1 aromatic heterocycles. The zero-order chi connectivity index (χ0) is 15.7. The van der Waals surface area contributed by atoms with Gasteiger partial charge in [0, 0.05) is 4.88 Å². The summed E-state index contributed by atoms with van der Waals surface area (Å²) in [5, 5.41) is 0. The van der Waals surface area contributed by atoms with Crippen molar-refractivity contribution >= 4 is 27.0 Å². The van der Waals surface area contributed by atoms with Gasteiger partial charge in [0.25, 0.3) is 10.0 Å². The highest BCUT2D eigenvalue weighted by atomic mass is 32.2. The summed E-state index contributed by atoms with van der Waals surface area (Å²) in [6, 6.07) is 11.1. The van der Waals surface area contributed by atoms with Gasteiger partial charge in [0.2, 0.25) is 0 Å². The summed E-state index contributed by atoms with van der Waals surface area (Å²) in [6.45, 7) is 8.23. The summed E-state index contributed by atoms with van der Waals surface area (Å²) >= 11 is 1.32. The molecule has 1 N–H and O–H groups in total. The first-order valence-electron chi connectivity index (χ1n) is 6.95. The summed E-state index contributed by atoms with van der Waals surface area (Å²) in [5.41, 5.74) is 1.51. The molecule has 0 bridgehead atoms. The molecule has 0 radical (unpaired) electrons. The second-order valence-electron chi connectivity index (χ2n) is 5.98. The van der Waals surface area contributed by atoms with Crippen LogP contribution in [0, 0.1) is 0 Å². The van der Waals surface area contributed by atoms with E-state index in [-0.39, 0.29) is 5.41 Å². The van der Waals surface area contributed by atoms with E-state index in [0.29, 0.717) is 9.90 Å². The topological polar surface area (TPSA) is 46.2 Å². The molecule has 0 atom stereocenters. The molecular weight excluding hydrogens is 302 g/mol. The molecule has 5 heteroatoms. The summed E-state index contributed by atoms with van der Waals surface area (Å²) in [5.74, 6) is 0. The molecule has 21 heavy (non-hydrogen) atoms. The number of hydrogen-bond donors (Lipinski definition) is 1. The van der Waals surface area contributed by atoms with Gasteiger partial charge in [-0.25, -0.2) is 8.42 Å². The summed E-state index contributed by atoms with van der Waals surface area (Å²) in [7, 11) is -3.52. The van der Waals surface area contributed by atoms with Crippen LogP contribution in [0.3, 0.4) is 0 Å². The molecule has 3 nitrogen and oxygen atoms in total. The highest BCUT2D eigenvalue weighted by Gasteiger charge is 2.22. The Bertz CT molecular complexity index is 725. The first kappa shape index (κ1) is 16.0. The van der Waals surface area contributed by atoms with Crippen LogP contribution in [-0.4, -0.2) is 8.42 Å². The molecule has 0 amide bonds. The van der Waals surface area contributed by atoms with Crippen LogP contribution in [0.4, 0.5) is 5.69 Å². The predicted molar refractivity (Wildman–Crippen MR) is 89.6 cm³/mol. The molecule has 2 aromatic rings. The minimum absolute atomic E-state index is 0.122. The molecule has 0 unspecified atom stereocenters. The Morgan fingerprint density at radius 3 is 2.33 bits per heavy atom. The summed E-state index contributed by atoms with van der Waals surface area (Å²) in [4.78, 5) is 1.07. The van der Waals surface area contributed by atoms with Crippen molar-refractivity contribution in [2.45, 2.75) is 43.7 Å². The molecule has 0 aliphatic carbocycles. The number of rotatable bonds is 4. The number of para-hydroxylation sites is 1. The number of hydrogen-bond acceptors (Lipinski definition) is 3. The fourth-order valence-electron chi connectivity index (χ4n) is 2.11. The van der Waals surface area contributed by atoms with Crippen LogP contribution in [0.25, 0.3) is 0 Å². The lowest BCUT2D eigenvalue weighted by atomic mass is 9.86. The van der Waals surface area contributed by atoms with Crippen molar-refractivity contribution in [1.82, 2.24) is 0 Å². The van der Waals surface area contributed by atoms with Gasteiger partial charge in [-0.2, -0.15) is 0 Å². The maximum absolute atomic E-state index is 12.5. The molecule has 0 aliphatic heterocycles. The van der Waals surface area contributed by atoms with Gasteiger partial charge in [0.15, 0.2) is 0 Å². The lowest BCUT2D eigenvalue weighted by molar-refractivity contribution is 0.590. The fraction of sp³-hybridized carbons (Fsp3) is 0.375. The SMILES string of the molecule is CCc1ccc(S(=O)(=O)Nc2ccccc2C(C)(C)C)s1. The Morgan fingerprint density at radius 1 is 1.10 bits per heavy atom. The average molecular weight is 323 g/mol. The third kappa shape index (κ3) is 3.66. The van der Waals surface area contributed by atoms with Crippen molar-refractivity contribution in [2.75, 3.05) is 4.72 Å². The zero-order valence-corrected chi connectivity index (χ0v) is 14.4. The molecule has 1 aromatic carbocycles. The molecule has 114 valence electrons. The normalized spacial score (nSPS) is 12.4. The Labute approximate surface area is 131 Å². The Morgan fingerprint density at radius 2 is 1.76 bits per heavy atom. The maximum atomic E-state index is 12.5. The lowest BCUT2D eigenvalue weighted by Crippen LogP contribution is -2.18. The van der Waals surface area contributed by atoms with Crippen LogP contribution >= 0.6 is 11.3 Å². The van der Waals surface area contributed by atoms with E-state index in [2.05, 4.69) is 25.5 Å². The molecule has 0 saturated carbocycles. The Balaban J connectivity index is 2.38. The second-order valence-corrected chi connectivity index (χ2v) is 9.05. The molecular formula is C16H21NO2S2. The first-order chi connectivity index (χ1) is 9.74. The first-order valence-corrected chi connectivity index (χ1v) is 9.25. The zero-order valence-electron chi connectivity index (χ0n) is 12.8. The number of sulfonamides is 1. The van der Waals surface area contributed by atoms with Crippen LogP contribution in [0.15, 0.2) is 40.6 Å². The van der Waals surface area contributed by atoms with Crippen molar-refractivity contribution in [3.05, 3.63) is 46.8 Å². The highest BCUT2D eigenvalue weighted by Crippen LogP contribution is 2.31. The quantitative estimate of drug-likeness (QED) is 0.906. The molecule has 0 saturated heterocycles. The molecule has 0 fully saturated rings. The minimum atomic E-state index is -3.52. The van der Waals surface area contributed by atoms with Crippen LogP contribution in [0.1, 0.15) is 38.1 Å². The van der Waals surface area contributed by atoms with E-state index < -0.39 is 10.0 Å². The fourth-order valence-corrected chi connectivity index (χ4v) is 4.49. The van der Waals surface area contributed by atoms with Crippen LogP contribution < -0.4 is 4.72 Å². The highest BCUT2D eigenvalue weighted by molar-refractivity contribution is 7.94. The van der Waals surface area contributed by atoms with Crippen LogP contribution in [0.5, 0.6) is 0 Å². The number of aryl methyl sites for hydroxylation is 1. The van der Waals surface area contributed by atoms with Crippen molar-refractivity contribution in [3.8, 4) is 0 Å². The van der Waals surface area contributed by atoms with Crippen molar-refractivity contribution in [2.24, 2.45) is 0 Å². The third-order valence-corrected chi connectivity index (χ3v) is 6.32. The average Bonchev–Trinajstić information content (AvgIpc) is 2.87. The largest absolute Gasteiger partial charge is 0.279 e. The van der Waals surface area contributed by atoms with Gasteiger partial charge in [-0.3, -0.25) is 4.72 Å². The van der Waals surface area contributed by atoms with Crippen LogP contribution in [-0.2, 0) is 21.9 Å². The van der Waals surface area contributed by atoms with Gasteiger partial charge in [0.05, 0.1) is 5.69 Å². The standard InChI is InChI=1S/C16H21NO2S2/c1-5-12-10-11-15(20-12)21(18,19)17-14-9-7-6-8-13(14)16(2,3)4/h6-11,17H,5H2,1-4H3. The van der Waals surface area contributed by atoms with Crippen molar-refractivity contribution in [3.63, 3.8) is 0 Å². The maximum Gasteiger partial charge on any atom is 0.271 e. The number of anilines is 1. The summed E-state index contributed by atoms with van der Waals surface area (Å²) in [6.07, 6.45) is 0.846. The van der Waals surface area contributed by atoms with Gasteiger partial charge in [-0.15, -0.1) is 11.3 Å². The van der Waals surface area contributed by atoms with E-state index in [1.165, 1.54) is 11.3 Å². The number of benzene rings is 1. The van der Waals surface area contributed by atoms with E-state index in [1.807, 2.05) is 37.3 Å². The van der Waals surface area contributed by atoms with Gasteiger partial charge in [-0.1, -0.05) is 45.9 Å². The second kappa shape index (κ2) is 5.81. The van der Waals surface area contributed by atoms with E-state index in [1.54, 1.807) is 6.07 Å². The Kier molecular flexibility index (Phi) is 4.44. The molecule has 0 aliphatic rings. The van der Waals surface area contributed by atoms with Gasteiger partial charge in [-0.05, 0) is 35.6 Å². The number of thiophene rings is 1. The van der Waals surface area contributed by atoms with E-state index in [9.17, 15) is 8.42 Å². The van der Waals surface area contributed by atoms with E-state index >= 15 is 0 Å². The summed E-state index contributed by atoms with van der Waals surface area (Å²) < 4.78 is 28.1. The smallest absolute Gasteiger partial charge is 0.271 e. The Hall–Kier alpha value is -1.33. The van der Waals surface area contributed by atoms with E-state index in [0.717, 1.165) is 16.9 Å². The van der Waals surface area contributed by atoms with Crippen LogP contribution in [0.2, 0.25) is 0 Å². The monoisotopic (exact) mass is 323 g/mol.